The maximum Gasteiger partial charge on any atom is 0.220 e. The van der Waals surface area contributed by atoms with Crippen molar-refractivity contribution in [2.75, 3.05) is 19.6 Å². The van der Waals surface area contributed by atoms with E-state index in [2.05, 4.69) is 17.6 Å². The average molecular weight is 308 g/mol. The summed E-state index contributed by atoms with van der Waals surface area (Å²) in [5.74, 6) is -0.273. The zero-order valence-corrected chi connectivity index (χ0v) is 13.4. The Labute approximate surface area is 132 Å². The Bertz CT molecular complexity index is 450. The lowest BCUT2D eigenvalue weighted by Gasteiger charge is -2.07. The number of aryl methyl sites for hydroxylation is 1. The molecule has 0 heterocycles. The summed E-state index contributed by atoms with van der Waals surface area (Å²) >= 11 is 0. The summed E-state index contributed by atoms with van der Waals surface area (Å²) in [6.45, 7) is 4.84. The Morgan fingerprint density at radius 2 is 1.82 bits per heavy atom. The quantitative estimate of drug-likeness (QED) is 0.373. The largest absolute Gasteiger partial charge is 0.504 e. The third-order valence-electron chi connectivity index (χ3n) is 3.49. The predicted octanol–water partition coefficient (Wildman–Crippen LogP) is 2.32. The minimum absolute atomic E-state index is 0.0125. The molecule has 5 heteroatoms. The summed E-state index contributed by atoms with van der Waals surface area (Å²) in [6, 6.07) is 4.64. The van der Waals surface area contributed by atoms with E-state index in [1.54, 1.807) is 6.07 Å². The van der Waals surface area contributed by atoms with E-state index in [4.69, 9.17) is 0 Å². The second kappa shape index (κ2) is 10.9. The van der Waals surface area contributed by atoms with E-state index in [1.165, 1.54) is 31.4 Å². The van der Waals surface area contributed by atoms with E-state index in [1.807, 2.05) is 0 Å². The van der Waals surface area contributed by atoms with Crippen LogP contribution in [0.15, 0.2) is 18.2 Å². The highest BCUT2D eigenvalue weighted by molar-refractivity contribution is 5.76. The number of hydrogen-bond acceptors (Lipinski definition) is 4. The van der Waals surface area contributed by atoms with E-state index in [0.29, 0.717) is 19.4 Å². The molecule has 0 aromatic heterocycles. The van der Waals surface area contributed by atoms with Gasteiger partial charge in [-0.15, -0.1) is 0 Å². The monoisotopic (exact) mass is 308 g/mol. The van der Waals surface area contributed by atoms with Gasteiger partial charge in [0, 0.05) is 13.0 Å². The van der Waals surface area contributed by atoms with Gasteiger partial charge in [-0.25, -0.2) is 0 Å². The molecule has 0 saturated carbocycles. The number of phenols is 2. The van der Waals surface area contributed by atoms with Crippen LogP contribution < -0.4 is 10.6 Å². The molecule has 5 nitrogen and oxygen atoms in total. The van der Waals surface area contributed by atoms with Crippen molar-refractivity contribution in [2.45, 2.75) is 45.4 Å². The van der Waals surface area contributed by atoms with Crippen molar-refractivity contribution in [3.05, 3.63) is 23.8 Å². The molecule has 4 N–H and O–H groups in total. The van der Waals surface area contributed by atoms with Crippen LogP contribution in [0.1, 0.15) is 44.6 Å². The van der Waals surface area contributed by atoms with Crippen LogP contribution in [-0.2, 0) is 11.2 Å². The topological polar surface area (TPSA) is 81.6 Å². The van der Waals surface area contributed by atoms with Gasteiger partial charge in [-0.05, 0) is 50.0 Å². The maximum absolute atomic E-state index is 11.7. The van der Waals surface area contributed by atoms with Crippen molar-refractivity contribution in [1.82, 2.24) is 10.6 Å². The fourth-order valence-electron chi connectivity index (χ4n) is 2.14. The van der Waals surface area contributed by atoms with Gasteiger partial charge in [0.05, 0.1) is 0 Å². The second-order valence-electron chi connectivity index (χ2n) is 5.48. The normalized spacial score (nSPS) is 10.6. The smallest absolute Gasteiger partial charge is 0.220 e. The summed E-state index contributed by atoms with van der Waals surface area (Å²) < 4.78 is 0. The number of carbonyl (C=O) groups excluding carboxylic acids is 1. The van der Waals surface area contributed by atoms with Crippen LogP contribution in [0, 0.1) is 0 Å². The van der Waals surface area contributed by atoms with Crippen LogP contribution in [-0.4, -0.2) is 35.8 Å². The lowest BCUT2D eigenvalue weighted by molar-refractivity contribution is -0.121. The highest BCUT2D eigenvalue weighted by atomic mass is 16.3. The van der Waals surface area contributed by atoms with Crippen LogP contribution in [0.2, 0.25) is 0 Å². The Morgan fingerprint density at radius 3 is 2.55 bits per heavy atom. The molecule has 1 amide bonds. The summed E-state index contributed by atoms with van der Waals surface area (Å²) in [5.41, 5.74) is 0.836. The van der Waals surface area contributed by atoms with Crippen LogP contribution in [0.4, 0.5) is 0 Å². The third kappa shape index (κ3) is 7.88. The Hall–Kier alpha value is -1.75. The lowest BCUT2D eigenvalue weighted by Crippen LogP contribution is -2.27. The molecule has 0 fully saturated rings. The van der Waals surface area contributed by atoms with Crippen LogP contribution in [0.5, 0.6) is 11.5 Å². The SMILES string of the molecule is CCCCCNCCCNC(=O)CCc1ccc(O)c(O)c1. The van der Waals surface area contributed by atoms with Gasteiger partial charge in [0.15, 0.2) is 11.5 Å². The van der Waals surface area contributed by atoms with Crippen molar-refractivity contribution in [3.63, 3.8) is 0 Å². The first-order chi connectivity index (χ1) is 10.6. The van der Waals surface area contributed by atoms with Crippen LogP contribution in [0.3, 0.4) is 0 Å². The lowest BCUT2D eigenvalue weighted by atomic mass is 10.1. The van der Waals surface area contributed by atoms with Crippen molar-refractivity contribution >= 4 is 5.91 Å². The molecule has 0 spiro atoms. The number of benzene rings is 1. The fraction of sp³-hybridized carbons (Fsp3) is 0.588. The Balaban J connectivity index is 2.05. The number of aromatic hydroxyl groups is 2. The van der Waals surface area contributed by atoms with Crippen molar-refractivity contribution in [2.24, 2.45) is 0 Å². The Kier molecular flexibility index (Phi) is 9.07. The zero-order valence-electron chi connectivity index (χ0n) is 13.4. The molecule has 0 atom stereocenters. The van der Waals surface area contributed by atoms with Gasteiger partial charge in [-0.2, -0.15) is 0 Å². The van der Waals surface area contributed by atoms with Crippen molar-refractivity contribution < 1.29 is 15.0 Å². The van der Waals surface area contributed by atoms with Crippen LogP contribution in [0.25, 0.3) is 0 Å². The van der Waals surface area contributed by atoms with E-state index in [-0.39, 0.29) is 17.4 Å². The molecular formula is C17H28N2O3. The highest BCUT2D eigenvalue weighted by Crippen LogP contribution is 2.25. The molecule has 0 aliphatic rings. The molecule has 1 aromatic carbocycles. The molecule has 0 unspecified atom stereocenters. The van der Waals surface area contributed by atoms with Gasteiger partial charge in [-0.3, -0.25) is 4.79 Å². The highest BCUT2D eigenvalue weighted by Gasteiger charge is 2.04. The molecule has 0 saturated heterocycles. The summed E-state index contributed by atoms with van der Waals surface area (Å²) in [5, 5.41) is 24.9. The first-order valence-corrected chi connectivity index (χ1v) is 8.11. The molecule has 0 aliphatic carbocycles. The summed E-state index contributed by atoms with van der Waals surface area (Å²) in [6.07, 6.45) is 5.57. The van der Waals surface area contributed by atoms with Crippen molar-refractivity contribution in [3.8, 4) is 11.5 Å². The standard InChI is InChI=1S/C17H28N2O3/c1-2-3-4-10-18-11-5-12-19-17(22)9-7-14-6-8-15(20)16(21)13-14/h6,8,13,18,20-21H,2-5,7,9-12H2,1H3,(H,19,22). The number of rotatable bonds is 11. The van der Waals surface area contributed by atoms with Gasteiger partial charge in [-0.1, -0.05) is 25.8 Å². The number of unbranched alkanes of at least 4 members (excludes halogenated alkanes) is 2. The molecule has 22 heavy (non-hydrogen) atoms. The fourth-order valence-corrected chi connectivity index (χ4v) is 2.14. The minimum atomic E-state index is -0.146. The van der Waals surface area contributed by atoms with Crippen LogP contribution >= 0.6 is 0 Å². The molecule has 0 radical (unpaired) electrons. The van der Waals surface area contributed by atoms with Gasteiger partial charge in [0.2, 0.25) is 5.91 Å². The molecule has 0 aliphatic heterocycles. The zero-order chi connectivity index (χ0) is 16.2. The number of nitrogens with one attached hydrogen (secondary N) is 2. The second-order valence-corrected chi connectivity index (χ2v) is 5.48. The molecule has 124 valence electrons. The van der Waals surface area contributed by atoms with Gasteiger partial charge in [0.25, 0.3) is 0 Å². The number of amides is 1. The molecule has 1 aromatic rings. The summed E-state index contributed by atoms with van der Waals surface area (Å²) in [7, 11) is 0. The first-order valence-electron chi connectivity index (χ1n) is 8.11. The van der Waals surface area contributed by atoms with Gasteiger partial charge in [0.1, 0.15) is 0 Å². The predicted molar refractivity (Wildman–Crippen MR) is 88.1 cm³/mol. The minimum Gasteiger partial charge on any atom is -0.504 e. The molecular weight excluding hydrogens is 280 g/mol. The molecule has 0 bridgehead atoms. The maximum atomic E-state index is 11.7. The third-order valence-corrected chi connectivity index (χ3v) is 3.49. The number of carbonyl (C=O) groups is 1. The van der Waals surface area contributed by atoms with Crippen molar-refractivity contribution in [1.29, 1.82) is 0 Å². The summed E-state index contributed by atoms with van der Waals surface area (Å²) in [4.78, 5) is 11.7. The molecule has 1 rings (SSSR count). The van der Waals surface area contributed by atoms with Gasteiger partial charge >= 0.3 is 0 Å². The first kappa shape index (κ1) is 18.3. The van der Waals surface area contributed by atoms with Gasteiger partial charge < -0.3 is 20.8 Å². The average Bonchev–Trinajstić information content (AvgIpc) is 2.51. The number of hydrogen-bond donors (Lipinski definition) is 4. The van der Waals surface area contributed by atoms with E-state index in [9.17, 15) is 15.0 Å². The van der Waals surface area contributed by atoms with E-state index < -0.39 is 0 Å². The van der Waals surface area contributed by atoms with E-state index >= 15 is 0 Å². The Morgan fingerprint density at radius 1 is 1.05 bits per heavy atom. The number of phenolic OH excluding ortho intramolecular Hbond substituents is 2. The van der Waals surface area contributed by atoms with E-state index in [0.717, 1.165) is 25.1 Å².